The zero-order valence-electron chi connectivity index (χ0n) is 14.1. The third kappa shape index (κ3) is 3.25. The maximum atomic E-state index is 12.6. The molecule has 24 heavy (non-hydrogen) atoms. The van der Waals surface area contributed by atoms with Crippen LogP contribution in [0.2, 0.25) is 0 Å². The molecule has 0 aromatic heterocycles. The first-order valence-electron chi connectivity index (χ1n) is 8.37. The lowest BCUT2D eigenvalue weighted by Gasteiger charge is -2.21. The van der Waals surface area contributed by atoms with E-state index < -0.39 is 0 Å². The summed E-state index contributed by atoms with van der Waals surface area (Å²) in [4.78, 5) is 14.8. The molecule has 122 valence electrons. The van der Waals surface area contributed by atoms with Gasteiger partial charge in [0.05, 0.1) is 0 Å². The highest BCUT2D eigenvalue weighted by Crippen LogP contribution is 2.24. The van der Waals surface area contributed by atoms with E-state index >= 15 is 0 Å². The number of nitrogens with one attached hydrogen (secondary N) is 1. The molecule has 0 saturated carbocycles. The van der Waals surface area contributed by atoms with E-state index in [0.717, 1.165) is 35.2 Å². The van der Waals surface area contributed by atoms with Gasteiger partial charge in [0.1, 0.15) is 0 Å². The summed E-state index contributed by atoms with van der Waals surface area (Å²) >= 11 is 0. The molecule has 0 aliphatic carbocycles. The van der Waals surface area contributed by atoms with Crippen LogP contribution in [0.3, 0.4) is 0 Å². The maximum Gasteiger partial charge on any atom is 0.255 e. The van der Waals surface area contributed by atoms with Gasteiger partial charge in [0.2, 0.25) is 0 Å². The van der Waals surface area contributed by atoms with Crippen LogP contribution in [0.5, 0.6) is 0 Å². The van der Waals surface area contributed by atoms with E-state index in [9.17, 15) is 4.79 Å². The Morgan fingerprint density at radius 2 is 1.54 bits per heavy atom. The zero-order chi connectivity index (χ0) is 16.9. The average Bonchev–Trinajstić information content (AvgIpc) is 2.63. The van der Waals surface area contributed by atoms with E-state index in [4.69, 9.17) is 0 Å². The molecule has 3 rings (SSSR count). The number of amides is 1. The molecule has 0 heterocycles. The van der Waals surface area contributed by atoms with Crippen molar-refractivity contribution in [3.8, 4) is 0 Å². The van der Waals surface area contributed by atoms with Crippen LogP contribution >= 0.6 is 0 Å². The Morgan fingerprint density at radius 3 is 2.25 bits per heavy atom. The number of hydrogen-bond donors (Lipinski definition) is 1. The number of carbonyl (C=O) groups excluding carboxylic acids is 1. The number of nitrogens with zero attached hydrogens (tertiary/aromatic N) is 1. The Morgan fingerprint density at radius 1 is 0.875 bits per heavy atom. The van der Waals surface area contributed by atoms with Gasteiger partial charge in [-0.1, -0.05) is 36.4 Å². The average molecular weight is 318 g/mol. The molecule has 0 spiro atoms. The molecule has 1 N–H and O–H groups in total. The largest absolute Gasteiger partial charge is 0.372 e. The van der Waals surface area contributed by atoms with Gasteiger partial charge in [0.15, 0.2) is 0 Å². The molecule has 0 fully saturated rings. The lowest BCUT2D eigenvalue weighted by molar-refractivity contribution is 0.102. The van der Waals surface area contributed by atoms with Gasteiger partial charge in [-0.3, -0.25) is 4.79 Å². The molecule has 3 aromatic carbocycles. The second kappa shape index (κ2) is 7.18. The van der Waals surface area contributed by atoms with E-state index in [2.05, 4.69) is 24.1 Å². The van der Waals surface area contributed by atoms with E-state index in [-0.39, 0.29) is 5.91 Å². The van der Waals surface area contributed by atoms with Crippen molar-refractivity contribution in [3.63, 3.8) is 0 Å². The van der Waals surface area contributed by atoms with Crippen molar-refractivity contribution in [2.75, 3.05) is 23.3 Å². The lowest BCUT2D eigenvalue weighted by atomic mass is 10.1. The topological polar surface area (TPSA) is 32.3 Å². The normalized spacial score (nSPS) is 10.6. The van der Waals surface area contributed by atoms with Crippen LogP contribution in [0.1, 0.15) is 24.2 Å². The minimum Gasteiger partial charge on any atom is -0.372 e. The van der Waals surface area contributed by atoms with Gasteiger partial charge < -0.3 is 10.2 Å². The predicted molar refractivity (Wildman–Crippen MR) is 102 cm³/mol. The third-order valence-electron chi connectivity index (χ3n) is 4.30. The fourth-order valence-electron chi connectivity index (χ4n) is 2.94. The summed E-state index contributed by atoms with van der Waals surface area (Å²) in [5.41, 5.74) is 2.64. The Kier molecular flexibility index (Phi) is 4.80. The Hall–Kier alpha value is -2.81. The molecule has 3 nitrogen and oxygen atoms in total. The summed E-state index contributed by atoms with van der Waals surface area (Å²) < 4.78 is 0. The van der Waals surface area contributed by atoms with E-state index in [1.165, 1.54) is 0 Å². The zero-order valence-corrected chi connectivity index (χ0v) is 14.1. The molecule has 0 saturated heterocycles. The molecular formula is C21H22N2O. The molecule has 0 radical (unpaired) electrons. The van der Waals surface area contributed by atoms with Crippen molar-refractivity contribution < 1.29 is 4.79 Å². The molecular weight excluding hydrogens is 296 g/mol. The van der Waals surface area contributed by atoms with Crippen molar-refractivity contribution in [2.24, 2.45) is 0 Å². The molecule has 3 heteroatoms. The second-order valence-corrected chi connectivity index (χ2v) is 5.70. The monoisotopic (exact) mass is 318 g/mol. The molecule has 0 aliphatic heterocycles. The summed E-state index contributed by atoms with van der Waals surface area (Å²) in [7, 11) is 0. The summed E-state index contributed by atoms with van der Waals surface area (Å²) in [5.74, 6) is -0.0857. The van der Waals surface area contributed by atoms with Crippen LogP contribution < -0.4 is 10.2 Å². The Balaban J connectivity index is 1.82. The van der Waals surface area contributed by atoms with Crippen molar-refractivity contribution in [2.45, 2.75) is 13.8 Å². The van der Waals surface area contributed by atoms with Crippen molar-refractivity contribution >= 4 is 28.1 Å². The quantitative estimate of drug-likeness (QED) is 0.723. The molecule has 0 unspecified atom stereocenters. The third-order valence-corrected chi connectivity index (χ3v) is 4.30. The van der Waals surface area contributed by atoms with Crippen molar-refractivity contribution in [3.05, 3.63) is 72.3 Å². The predicted octanol–water partition coefficient (Wildman–Crippen LogP) is 4.94. The smallest absolute Gasteiger partial charge is 0.255 e. The first kappa shape index (κ1) is 16.1. The Bertz CT molecular complexity index is 831. The highest BCUT2D eigenvalue weighted by Gasteiger charge is 2.09. The SMILES string of the molecule is CCN(CC)c1ccc(C(=O)Nc2cccc3ccccc23)cc1. The first-order valence-corrected chi connectivity index (χ1v) is 8.37. The fraction of sp³-hybridized carbons (Fsp3) is 0.190. The van der Waals surface area contributed by atoms with E-state index in [1.54, 1.807) is 0 Å². The molecule has 3 aromatic rings. The first-order chi connectivity index (χ1) is 11.7. The standard InChI is InChI=1S/C21H22N2O/c1-3-23(4-2)18-14-12-17(13-15-18)21(24)22-20-11-7-9-16-8-5-6-10-19(16)20/h5-15H,3-4H2,1-2H3,(H,22,24). The summed E-state index contributed by atoms with van der Waals surface area (Å²) in [5, 5.41) is 5.19. The van der Waals surface area contributed by atoms with Crippen molar-refractivity contribution in [1.82, 2.24) is 0 Å². The minimum absolute atomic E-state index is 0.0857. The summed E-state index contributed by atoms with van der Waals surface area (Å²) in [6.07, 6.45) is 0. The van der Waals surface area contributed by atoms with Gasteiger partial charge in [0, 0.05) is 35.4 Å². The number of hydrogen-bond acceptors (Lipinski definition) is 2. The van der Waals surface area contributed by atoms with Crippen LogP contribution in [-0.4, -0.2) is 19.0 Å². The van der Waals surface area contributed by atoms with Crippen LogP contribution in [-0.2, 0) is 0 Å². The maximum absolute atomic E-state index is 12.6. The fourth-order valence-corrected chi connectivity index (χ4v) is 2.94. The highest BCUT2D eigenvalue weighted by molar-refractivity contribution is 6.09. The lowest BCUT2D eigenvalue weighted by Crippen LogP contribution is -2.21. The van der Waals surface area contributed by atoms with Crippen LogP contribution in [0, 0.1) is 0 Å². The molecule has 0 aliphatic rings. The second-order valence-electron chi connectivity index (χ2n) is 5.70. The van der Waals surface area contributed by atoms with Crippen LogP contribution in [0.25, 0.3) is 10.8 Å². The van der Waals surface area contributed by atoms with Gasteiger partial charge in [-0.05, 0) is 49.6 Å². The summed E-state index contributed by atoms with van der Waals surface area (Å²) in [6, 6.07) is 21.8. The summed E-state index contributed by atoms with van der Waals surface area (Å²) in [6.45, 7) is 6.17. The Labute approximate surface area is 142 Å². The van der Waals surface area contributed by atoms with Crippen LogP contribution in [0.4, 0.5) is 11.4 Å². The van der Waals surface area contributed by atoms with E-state index in [0.29, 0.717) is 5.56 Å². The van der Waals surface area contributed by atoms with Gasteiger partial charge >= 0.3 is 0 Å². The highest BCUT2D eigenvalue weighted by atomic mass is 16.1. The molecule has 0 atom stereocenters. The number of anilines is 2. The number of carbonyl (C=O) groups is 1. The number of fused-ring (bicyclic) bond motifs is 1. The van der Waals surface area contributed by atoms with Gasteiger partial charge in [-0.2, -0.15) is 0 Å². The van der Waals surface area contributed by atoms with E-state index in [1.807, 2.05) is 66.7 Å². The molecule has 1 amide bonds. The van der Waals surface area contributed by atoms with Gasteiger partial charge in [-0.15, -0.1) is 0 Å². The number of rotatable bonds is 5. The minimum atomic E-state index is -0.0857. The van der Waals surface area contributed by atoms with Gasteiger partial charge in [-0.25, -0.2) is 0 Å². The van der Waals surface area contributed by atoms with Crippen LogP contribution in [0.15, 0.2) is 66.7 Å². The van der Waals surface area contributed by atoms with Gasteiger partial charge in [0.25, 0.3) is 5.91 Å². The molecule has 0 bridgehead atoms. The van der Waals surface area contributed by atoms with Crippen molar-refractivity contribution in [1.29, 1.82) is 0 Å². The number of benzene rings is 3.